The lowest BCUT2D eigenvalue weighted by molar-refractivity contribution is -0.106. The van der Waals surface area contributed by atoms with E-state index in [-0.39, 0.29) is 5.54 Å². The van der Waals surface area contributed by atoms with Gasteiger partial charge >= 0.3 is 0 Å². The van der Waals surface area contributed by atoms with Crippen LogP contribution in [0, 0.1) is 41.9 Å². The summed E-state index contributed by atoms with van der Waals surface area (Å²) < 4.78 is 0. The summed E-state index contributed by atoms with van der Waals surface area (Å²) in [5.41, 5.74) is 8.76. The molecule has 0 amide bonds. The van der Waals surface area contributed by atoms with Gasteiger partial charge < -0.3 is 21.3 Å². The van der Waals surface area contributed by atoms with Crippen LogP contribution in [0.3, 0.4) is 0 Å². The van der Waals surface area contributed by atoms with Crippen molar-refractivity contribution in [2.75, 3.05) is 12.8 Å². The van der Waals surface area contributed by atoms with Crippen molar-refractivity contribution in [1.29, 1.82) is 5.41 Å². The van der Waals surface area contributed by atoms with Crippen LogP contribution in [0.2, 0.25) is 0 Å². The molecule has 0 aromatic heterocycles. The largest absolute Gasteiger partial charge is 0.404 e. The van der Waals surface area contributed by atoms with E-state index in [1.807, 2.05) is 27.0 Å². The van der Waals surface area contributed by atoms with Crippen LogP contribution in [0.25, 0.3) is 0 Å². The van der Waals surface area contributed by atoms with E-state index in [1.54, 1.807) is 25.6 Å². The molecule has 0 aromatic carbocycles. The van der Waals surface area contributed by atoms with E-state index in [4.69, 9.17) is 15.9 Å². The fourth-order valence-corrected chi connectivity index (χ4v) is 4.14. The molecule has 0 radical (unpaired) electrons. The second kappa shape index (κ2) is 47.5. The molecule has 2 unspecified atom stereocenters. The molecule has 2 atom stereocenters. The van der Waals surface area contributed by atoms with Crippen LogP contribution in [-0.4, -0.2) is 30.8 Å². The van der Waals surface area contributed by atoms with Crippen molar-refractivity contribution in [3.05, 3.63) is 47.1 Å². The smallest absolute Gasteiger partial charge is 0.116 e. The lowest BCUT2D eigenvalue weighted by Gasteiger charge is -2.38. The minimum atomic E-state index is -0.00844. The van der Waals surface area contributed by atoms with E-state index in [9.17, 15) is 0 Å². The highest BCUT2D eigenvalue weighted by Gasteiger charge is 2.32. The van der Waals surface area contributed by atoms with Crippen LogP contribution in [0.15, 0.2) is 47.1 Å². The zero-order chi connectivity index (χ0) is 36.6. The highest BCUT2D eigenvalue weighted by Crippen LogP contribution is 2.34. The van der Waals surface area contributed by atoms with Crippen LogP contribution >= 0.6 is 11.8 Å². The molecule has 4 nitrogen and oxygen atoms in total. The molecule has 0 fully saturated rings. The molecule has 258 valence electrons. The van der Waals surface area contributed by atoms with Gasteiger partial charge in [0.1, 0.15) is 6.29 Å². The second-order valence-electron chi connectivity index (χ2n) is 10.1. The maximum absolute atomic E-state index is 8.81. The average Bonchev–Trinajstić information content (AvgIpc) is 3.01. The van der Waals surface area contributed by atoms with Crippen molar-refractivity contribution in [3.8, 4) is 24.7 Å². The molecular weight excluding hydrogens is 559 g/mol. The number of terminal acetylenes is 1. The van der Waals surface area contributed by atoms with Crippen molar-refractivity contribution in [2.24, 2.45) is 17.6 Å². The third-order valence-corrected chi connectivity index (χ3v) is 7.26. The summed E-state index contributed by atoms with van der Waals surface area (Å²) in [6.45, 7) is 37.1. The summed E-state index contributed by atoms with van der Waals surface area (Å²) >= 11 is 1.78. The number of nitrogens with two attached hydrogens (primary N) is 1. The van der Waals surface area contributed by atoms with Crippen molar-refractivity contribution in [1.82, 2.24) is 5.32 Å². The van der Waals surface area contributed by atoms with Gasteiger partial charge in [-0.3, -0.25) is 0 Å². The molecule has 0 saturated heterocycles. The molecule has 4 N–H and O–H groups in total. The van der Waals surface area contributed by atoms with E-state index in [2.05, 4.69) is 105 Å². The van der Waals surface area contributed by atoms with Gasteiger partial charge in [0, 0.05) is 28.0 Å². The first-order valence-corrected chi connectivity index (χ1v) is 17.1. The maximum Gasteiger partial charge on any atom is 0.116 e. The minimum absolute atomic E-state index is 0.00844. The minimum Gasteiger partial charge on any atom is -0.404 e. The topological polar surface area (TPSA) is 79.0 Å². The number of carbonyl (C=O) groups excluding carboxylic acids is 1. The Hall–Kier alpha value is -2.47. The molecule has 0 aromatic rings. The van der Waals surface area contributed by atoms with Crippen molar-refractivity contribution >= 4 is 24.3 Å². The Morgan fingerprint density at radius 3 is 1.70 bits per heavy atom. The van der Waals surface area contributed by atoms with Crippen LogP contribution in [0.4, 0.5) is 0 Å². The molecule has 0 bridgehead atoms. The lowest BCUT2D eigenvalue weighted by Crippen LogP contribution is -2.49. The Bertz CT molecular complexity index is 789. The zero-order valence-corrected chi connectivity index (χ0v) is 32.7. The Kier molecular flexibility index (Phi) is 61.7. The SMILES string of the molecule is C#C.C=C(SCC(C)(NC)C(CCC)C(=C)C)/C(C)=C/C(C#CC)=C\N.CC.CC=N.CC=O.CCC(C)C.CCCCC. The average molecular weight is 634 g/mol. The number of carbonyl (C=O) groups is 1. The van der Waals surface area contributed by atoms with E-state index in [0.717, 1.165) is 46.8 Å². The van der Waals surface area contributed by atoms with Gasteiger partial charge in [-0.15, -0.1) is 30.5 Å². The lowest BCUT2D eigenvalue weighted by atomic mass is 9.80. The third-order valence-electron chi connectivity index (χ3n) is 5.84. The summed E-state index contributed by atoms with van der Waals surface area (Å²) in [5.74, 6) is 8.13. The summed E-state index contributed by atoms with van der Waals surface area (Å²) in [4.78, 5) is 9.85. The van der Waals surface area contributed by atoms with Crippen LogP contribution < -0.4 is 11.1 Å². The molecule has 5 heteroatoms. The molecule has 0 spiro atoms. The van der Waals surface area contributed by atoms with Crippen LogP contribution in [0.1, 0.15) is 135 Å². The van der Waals surface area contributed by atoms with Gasteiger partial charge in [0.25, 0.3) is 0 Å². The van der Waals surface area contributed by atoms with Crippen LogP contribution in [0.5, 0.6) is 0 Å². The van der Waals surface area contributed by atoms with Gasteiger partial charge in [-0.2, -0.15) is 0 Å². The molecule has 0 rings (SSSR count). The first kappa shape index (κ1) is 57.2. The second-order valence-corrected chi connectivity index (χ2v) is 11.1. The Balaban J connectivity index is -0.000000111. The van der Waals surface area contributed by atoms with Gasteiger partial charge in [0.15, 0.2) is 0 Å². The molecular formula is C39H75N3OS. The van der Waals surface area contributed by atoms with Gasteiger partial charge in [-0.25, -0.2) is 0 Å². The number of nitrogens with one attached hydrogen (secondary N) is 2. The number of rotatable bonds is 13. The summed E-state index contributed by atoms with van der Waals surface area (Å²) in [7, 11) is 2.03. The van der Waals surface area contributed by atoms with Gasteiger partial charge in [-0.1, -0.05) is 112 Å². The highest BCUT2D eigenvalue weighted by atomic mass is 32.2. The molecule has 0 saturated carbocycles. The number of thioether (sulfide) groups is 1. The molecule has 44 heavy (non-hydrogen) atoms. The van der Waals surface area contributed by atoms with Crippen LogP contribution in [-0.2, 0) is 4.79 Å². The van der Waals surface area contributed by atoms with Gasteiger partial charge in [0.2, 0.25) is 0 Å². The molecule has 0 aliphatic carbocycles. The van der Waals surface area contributed by atoms with Crippen molar-refractivity contribution in [2.45, 2.75) is 141 Å². The number of hydrogen-bond acceptors (Lipinski definition) is 5. The third kappa shape index (κ3) is 44.0. The predicted octanol–water partition coefficient (Wildman–Crippen LogP) is 11.4. The molecule has 0 aliphatic rings. The Morgan fingerprint density at radius 1 is 1.07 bits per heavy atom. The molecule has 0 heterocycles. The highest BCUT2D eigenvalue weighted by molar-refractivity contribution is 8.03. The number of allylic oxidation sites excluding steroid dienone is 3. The summed E-state index contributed by atoms with van der Waals surface area (Å²) in [5, 5.41) is 9.60. The van der Waals surface area contributed by atoms with E-state index in [0.29, 0.717) is 5.92 Å². The fraction of sp³-hybridized carbons (Fsp3) is 0.641. The quantitative estimate of drug-likeness (QED) is 0.0620. The maximum atomic E-state index is 8.81. The normalized spacial score (nSPS) is 11.5. The zero-order valence-electron chi connectivity index (χ0n) is 31.9. The Morgan fingerprint density at radius 2 is 1.48 bits per heavy atom. The van der Waals surface area contributed by atoms with Crippen molar-refractivity contribution in [3.63, 3.8) is 0 Å². The van der Waals surface area contributed by atoms with Gasteiger partial charge in [0.05, 0.1) is 0 Å². The number of aldehydes is 1. The predicted molar refractivity (Wildman–Crippen MR) is 210 cm³/mol. The summed E-state index contributed by atoms with van der Waals surface area (Å²) in [6, 6.07) is 0. The first-order valence-electron chi connectivity index (χ1n) is 16.1. The number of unbranched alkanes of at least 4 members (excludes halogenated alkanes) is 2. The fourth-order valence-electron chi connectivity index (χ4n) is 3.03. The van der Waals surface area contributed by atoms with E-state index < -0.39 is 0 Å². The van der Waals surface area contributed by atoms with E-state index >= 15 is 0 Å². The first-order chi connectivity index (χ1) is 20.8. The van der Waals surface area contributed by atoms with Gasteiger partial charge in [-0.05, 0) is 84.7 Å². The summed E-state index contributed by atoms with van der Waals surface area (Å²) in [6.07, 6.45) is 21.2. The van der Waals surface area contributed by atoms with E-state index in [1.165, 1.54) is 50.6 Å². The monoisotopic (exact) mass is 634 g/mol. The Labute approximate surface area is 282 Å². The standard InChI is InChI=1S/C21H34N2S.2C5H12.C2H5N.C2H4O.C2H6.C2H2/c1-9-11-19(14-22)13-17(5)18(6)24-15-21(7,23-8)20(12-10-2)16(3)4;1-4-5(2)3;1-3-5-4-2;2*1-2-3;2*1-2/h13-14,20,23H,3,6,10,12,15,22H2,1-2,4-5,7-8H3;5H,4H2,1-3H3;3-5H2,1-2H3;2-3H,1H3;2H,1H3;1-2H3;1-2H/b17-13+,19-14-;;;;;;. The van der Waals surface area contributed by atoms with Crippen molar-refractivity contribution < 1.29 is 4.79 Å². The number of hydrogen-bond donors (Lipinski definition) is 3. The molecule has 0 aliphatic heterocycles.